The molecule has 3 aromatic rings. The van der Waals surface area contributed by atoms with E-state index < -0.39 is 18.0 Å². The molecule has 1 aliphatic rings. The first-order valence-corrected chi connectivity index (χ1v) is 7.64. The van der Waals surface area contributed by atoms with E-state index in [4.69, 9.17) is 4.74 Å². The number of hydrogen-bond acceptors (Lipinski definition) is 6. The van der Waals surface area contributed by atoms with Gasteiger partial charge in [-0.2, -0.15) is 4.98 Å². The second-order valence-corrected chi connectivity index (χ2v) is 5.47. The lowest BCUT2D eigenvalue weighted by Gasteiger charge is -2.23. The van der Waals surface area contributed by atoms with Crippen molar-refractivity contribution >= 4 is 17.8 Å². The van der Waals surface area contributed by atoms with Crippen LogP contribution in [0.25, 0.3) is 11.5 Å². The number of ether oxygens (including phenoxy) is 1. The Kier molecular flexibility index (Phi) is 3.70. The van der Waals surface area contributed by atoms with E-state index >= 15 is 0 Å². The van der Waals surface area contributed by atoms with E-state index in [1.54, 1.807) is 30.5 Å². The summed E-state index contributed by atoms with van der Waals surface area (Å²) in [7, 11) is 0. The van der Waals surface area contributed by atoms with Crippen LogP contribution < -0.4 is 5.32 Å². The number of amides is 1. The molecule has 0 saturated carbocycles. The lowest BCUT2D eigenvalue weighted by molar-refractivity contribution is -0.125. The number of aromatic amines is 1. The van der Waals surface area contributed by atoms with E-state index in [0.29, 0.717) is 23.5 Å². The van der Waals surface area contributed by atoms with Crippen LogP contribution in [-0.2, 0) is 16.0 Å². The van der Waals surface area contributed by atoms with Crippen molar-refractivity contribution in [2.24, 2.45) is 0 Å². The Labute approximate surface area is 142 Å². The topological polar surface area (TPSA) is 110 Å². The molecule has 0 fully saturated rings. The first-order chi connectivity index (χ1) is 12.2. The Hall–Kier alpha value is -3.55. The molecular weight excluding hydrogens is 322 g/mol. The molecule has 4 rings (SSSR count). The number of hydrogen-bond donors (Lipinski definition) is 2. The maximum atomic E-state index is 12.4. The average Bonchev–Trinajstić information content (AvgIpc) is 3.11. The third-order valence-corrected chi connectivity index (χ3v) is 3.81. The normalized spacial score (nSPS) is 16.0. The van der Waals surface area contributed by atoms with Crippen LogP contribution in [0.2, 0.25) is 0 Å². The zero-order chi connectivity index (χ0) is 17.2. The lowest BCUT2D eigenvalue weighted by Crippen LogP contribution is -2.38. The van der Waals surface area contributed by atoms with E-state index in [1.807, 2.05) is 18.2 Å². The first-order valence-electron chi connectivity index (χ1n) is 7.64. The summed E-state index contributed by atoms with van der Waals surface area (Å²) >= 11 is 0. The highest BCUT2D eigenvalue weighted by Gasteiger charge is 2.31. The Bertz CT molecular complexity index is 938. The number of cyclic esters (lactones) is 1. The molecule has 0 spiro atoms. The SMILES string of the molecule is O=C1O[C@H](C(=O)Nc2n[nH]c(-c3ccccn3)n2)Cc2ccccc21. The summed E-state index contributed by atoms with van der Waals surface area (Å²) in [4.78, 5) is 32.7. The predicted octanol–water partition coefficient (Wildman–Crippen LogP) is 1.59. The molecule has 1 aliphatic heterocycles. The minimum absolute atomic E-state index is 0.0977. The number of anilines is 1. The highest BCUT2D eigenvalue weighted by Crippen LogP contribution is 2.21. The van der Waals surface area contributed by atoms with Crippen molar-refractivity contribution in [3.05, 3.63) is 59.8 Å². The Morgan fingerprint density at radius 3 is 2.88 bits per heavy atom. The van der Waals surface area contributed by atoms with Gasteiger partial charge >= 0.3 is 5.97 Å². The van der Waals surface area contributed by atoms with Crippen molar-refractivity contribution in [2.75, 3.05) is 5.32 Å². The van der Waals surface area contributed by atoms with Gasteiger partial charge in [0.2, 0.25) is 5.95 Å². The number of aromatic nitrogens is 4. The van der Waals surface area contributed by atoms with Crippen LogP contribution in [-0.4, -0.2) is 38.1 Å². The van der Waals surface area contributed by atoms with Crippen molar-refractivity contribution in [3.8, 4) is 11.5 Å². The van der Waals surface area contributed by atoms with Crippen molar-refractivity contribution in [3.63, 3.8) is 0 Å². The smallest absolute Gasteiger partial charge is 0.339 e. The number of carbonyl (C=O) groups excluding carboxylic acids is 2. The summed E-state index contributed by atoms with van der Waals surface area (Å²) in [6.45, 7) is 0. The molecule has 1 aromatic carbocycles. The maximum Gasteiger partial charge on any atom is 0.339 e. The fourth-order valence-electron chi connectivity index (χ4n) is 2.60. The van der Waals surface area contributed by atoms with Gasteiger partial charge < -0.3 is 4.74 Å². The molecule has 124 valence electrons. The number of esters is 1. The quantitative estimate of drug-likeness (QED) is 0.703. The Morgan fingerprint density at radius 1 is 1.20 bits per heavy atom. The van der Waals surface area contributed by atoms with Crippen molar-refractivity contribution in [2.45, 2.75) is 12.5 Å². The number of rotatable bonds is 3. The fraction of sp³-hybridized carbons (Fsp3) is 0.118. The van der Waals surface area contributed by atoms with Gasteiger partial charge in [0.1, 0.15) is 5.69 Å². The highest BCUT2D eigenvalue weighted by atomic mass is 16.5. The third-order valence-electron chi connectivity index (χ3n) is 3.81. The van der Waals surface area contributed by atoms with Gasteiger partial charge in [0, 0.05) is 12.6 Å². The molecule has 0 bridgehead atoms. The zero-order valence-corrected chi connectivity index (χ0v) is 13.0. The maximum absolute atomic E-state index is 12.4. The van der Waals surface area contributed by atoms with Crippen molar-refractivity contribution < 1.29 is 14.3 Å². The number of nitrogens with zero attached hydrogens (tertiary/aromatic N) is 3. The third kappa shape index (κ3) is 2.97. The van der Waals surface area contributed by atoms with E-state index in [0.717, 1.165) is 5.56 Å². The fourth-order valence-corrected chi connectivity index (χ4v) is 2.60. The molecule has 8 nitrogen and oxygen atoms in total. The molecule has 2 aromatic heterocycles. The molecule has 0 unspecified atom stereocenters. The Morgan fingerprint density at radius 2 is 2.04 bits per heavy atom. The largest absolute Gasteiger partial charge is 0.448 e. The first kappa shape index (κ1) is 15.0. The van der Waals surface area contributed by atoms with Gasteiger partial charge in [0.15, 0.2) is 11.9 Å². The van der Waals surface area contributed by atoms with Crippen molar-refractivity contribution in [1.82, 2.24) is 20.2 Å². The van der Waals surface area contributed by atoms with Crippen LogP contribution >= 0.6 is 0 Å². The highest BCUT2D eigenvalue weighted by molar-refractivity contribution is 5.99. The van der Waals surface area contributed by atoms with Crippen LogP contribution in [0.15, 0.2) is 48.7 Å². The van der Waals surface area contributed by atoms with Crippen LogP contribution in [0.1, 0.15) is 15.9 Å². The molecule has 0 radical (unpaired) electrons. The van der Waals surface area contributed by atoms with Gasteiger partial charge in [0.05, 0.1) is 5.56 Å². The molecule has 1 amide bonds. The monoisotopic (exact) mass is 335 g/mol. The van der Waals surface area contributed by atoms with Crippen molar-refractivity contribution in [1.29, 1.82) is 0 Å². The number of nitrogens with one attached hydrogen (secondary N) is 2. The minimum Gasteiger partial charge on any atom is -0.448 e. The summed E-state index contributed by atoms with van der Waals surface area (Å²) < 4.78 is 5.21. The molecule has 8 heteroatoms. The Balaban J connectivity index is 1.48. The van der Waals surface area contributed by atoms with E-state index in [9.17, 15) is 9.59 Å². The molecule has 3 heterocycles. The van der Waals surface area contributed by atoms with Gasteiger partial charge in [-0.05, 0) is 23.8 Å². The number of H-pyrrole nitrogens is 1. The number of carbonyl (C=O) groups is 2. The van der Waals surface area contributed by atoms with Gasteiger partial charge in [-0.1, -0.05) is 24.3 Å². The average molecular weight is 335 g/mol. The summed E-state index contributed by atoms with van der Waals surface area (Å²) in [6.07, 6.45) is 1.03. The molecule has 1 atom stereocenters. The summed E-state index contributed by atoms with van der Waals surface area (Å²) in [6, 6.07) is 12.4. The predicted molar refractivity (Wildman–Crippen MR) is 87.6 cm³/mol. The molecular formula is C17H13N5O3. The standard InChI is InChI=1S/C17H13N5O3/c23-15(13-9-10-5-1-2-6-11(10)16(24)25-13)20-17-19-14(21-22-17)12-7-3-4-8-18-12/h1-8,13H,9H2,(H2,19,20,21,22,23)/t13-/m0/s1. The van der Waals surface area contributed by atoms with Gasteiger partial charge in [0.25, 0.3) is 5.91 Å². The second-order valence-electron chi connectivity index (χ2n) is 5.47. The molecule has 2 N–H and O–H groups in total. The van der Waals surface area contributed by atoms with Crippen LogP contribution in [0.3, 0.4) is 0 Å². The van der Waals surface area contributed by atoms with E-state index in [1.165, 1.54) is 0 Å². The van der Waals surface area contributed by atoms with Crippen LogP contribution in [0.5, 0.6) is 0 Å². The van der Waals surface area contributed by atoms with Crippen LogP contribution in [0.4, 0.5) is 5.95 Å². The number of fused-ring (bicyclic) bond motifs is 1. The lowest BCUT2D eigenvalue weighted by atomic mass is 9.98. The van der Waals surface area contributed by atoms with E-state index in [2.05, 4.69) is 25.5 Å². The van der Waals surface area contributed by atoms with Gasteiger partial charge in [-0.15, -0.1) is 5.10 Å². The molecule has 0 saturated heterocycles. The second kappa shape index (κ2) is 6.16. The summed E-state index contributed by atoms with van der Waals surface area (Å²) in [5.41, 5.74) is 1.87. The van der Waals surface area contributed by atoms with Gasteiger partial charge in [-0.25, -0.2) is 4.79 Å². The molecule has 25 heavy (non-hydrogen) atoms. The molecule has 0 aliphatic carbocycles. The zero-order valence-electron chi connectivity index (χ0n) is 13.0. The number of benzene rings is 1. The summed E-state index contributed by atoms with van der Waals surface area (Å²) in [5, 5.41) is 9.21. The number of pyridine rings is 1. The summed E-state index contributed by atoms with van der Waals surface area (Å²) in [5.74, 6) is -0.456. The van der Waals surface area contributed by atoms with Crippen LogP contribution in [0, 0.1) is 0 Å². The van der Waals surface area contributed by atoms with Gasteiger partial charge in [-0.3, -0.25) is 20.2 Å². The van der Waals surface area contributed by atoms with E-state index in [-0.39, 0.29) is 5.95 Å². The minimum atomic E-state index is -0.917.